The minimum absolute atomic E-state index is 0.350. The van der Waals surface area contributed by atoms with E-state index in [0.717, 1.165) is 10.9 Å². The number of aromatic amines is 1. The van der Waals surface area contributed by atoms with Crippen LogP contribution in [0.2, 0.25) is 0 Å². The molecule has 0 unspecified atom stereocenters. The van der Waals surface area contributed by atoms with E-state index in [1.54, 1.807) is 19.2 Å². The molecule has 15 heavy (non-hydrogen) atoms. The van der Waals surface area contributed by atoms with Crippen molar-refractivity contribution in [1.29, 1.82) is 0 Å². The lowest BCUT2D eigenvalue weighted by Crippen LogP contribution is -2.06. The fraction of sp³-hybridized carbons (Fsp3) is 0.182. The normalized spacial score (nSPS) is 10.5. The first-order valence-electron chi connectivity index (χ1n) is 4.76. The van der Waals surface area contributed by atoms with Gasteiger partial charge in [0.1, 0.15) is 0 Å². The number of carbonyl (C=O) groups is 1. The Kier molecular flexibility index (Phi) is 2.33. The first kappa shape index (κ1) is 9.58. The van der Waals surface area contributed by atoms with Crippen LogP contribution in [0.5, 0.6) is 0 Å². The van der Waals surface area contributed by atoms with Gasteiger partial charge in [0.25, 0.3) is 0 Å². The number of aromatic nitrogens is 1. The smallest absolute Gasteiger partial charge is 0.340 e. The SMILES string of the molecule is CCOC(=O)c1cc(N)cc2cc[nH]c12. The van der Waals surface area contributed by atoms with Gasteiger partial charge in [-0.25, -0.2) is 4.79 Å². The molecule has 4 nitrogen and oxygen atoms in total. The molecule has 0 fully saturated rings. The molecule has 0 bridgehead atoms. The lowest BCUT2D eigenvalue weighted by Gasteiger charge is -2.04. The third-order valence-corrected chi connectivity index (χ3v) is 2.18. The quantitative estimate of drug-likeness (QED) is 0.580. The number of nitrogens with two attached hydrogens (primary N) is 1. The molecule has 1 heterocycles. The summed E-state index contributed by atoms with van der Waals surface area (Å²) in [6.07, 6.45) is 1.77. The Morgan fingerprint density at radius 1 is 1.53 bits per heavy atom. The molecule has 78 valence electrons. The predicted octanol–water partition coefficient (Wildman–Crippen LogP) is 1.93. The monoisotopic (exact) mass is 204 g/mol. The predicted molar refractivity (Wildman–Crippen MR) is 58.7 cm³/mol. The number of anilines is 1. The van der Waals surface area contributed by atoms with Crippen molar-refractivity contribution in [3.8, 4) is 0 Å². The third-order valence-electron chi connectivity index (χ3n) is 2.18. The molecule has 0 radical (unpaired) electrons. The number of esters is 1. The van der Waals surface area contributed by atoms with Crippen LogP contribution < -0.4 is 5.73 Å². The second kappa shape index (κ2) is 3.65. The van der Waals surface area contributed by atoms with Crippen molar-refractivity contribution in [2.75, 3.05) is 12.3 Å². The highest BCUT2D eigenvalue weighted by molar-refractivity contribution is 6.04. The summed E-state index contributed by atoms with van der Waals surface area (Å²) in [5, 5.41) is 0.915. The van der Waals surface area contributed by atoms with Gasteiger partial charge in [-0.1, -0.05) is 0 Å². The molecule has 4 heteroatoms. The average molecular weight is 204 g/mol. The van der Waals surface area contributed by atoms with Gasteiger partial charge in [0.2, 0.25) is 0 Å². The van der Waals surface area contributed by atoms with Gasteiger partial charge in [-0.3, -0.25) is 0 Å². The molecule has 2 aromatic rings. The summed E-state index contributed by atoms with van der Waals surface area (Å²) in [6.45, 7) is 2.13. The molecule has 0 aliphatic carbocycles. The second-order valence-electron chi connectivity index (χ2n) is 3.23. The average Bonchev–Trinajstić information content (AvgIpc) is 2.64. The van der Waals surface area contributed by atoms with E-state index in [0.29, 0.717) is 17.9 Å². The van der Waals surface area contributed by atoms with Crippen molar-refractivity contribution in [3.63, 3.8) is 0 Å². The van der Waals surface area contributed by atoms with Crippen LogP contribution in [0.4, 0.5) is 5.69 Å². The Hall–Kier alpha value is -1.97. The zero-order valence-corrected chi connectivity index (χ0v) is 8.41. The van der Waals surface area contributed by atoms with Crippen molar-refractivity contribution in [2.45, 2.75) is 6.92 Å². The Balaban J connectivity index is 2.57. The topological polar surface area (TPSA) is 68.1 Å². The maximum atomic E-state index is 11.6. The van der Waals surface area contributed by atoms with Crippen LogP contribution in [0.1, 0.15) is 17.3 Å². The zero-order valence-electron chi connectivity index (χ0n) is 8.41. The number of nitrogens with one attached hydrogen (secondary N) is 1. The largest absolute Gasteiger partial charge is 0.462 e. The Labute approximate surface area is 87.0 Å². The van der Waals surface area contributed by atoms with E-state index in [1.165, 1.54) is 0 Å². The number of benzene rings is 1. The number of ether oxygens (including phenoxy) is 1. The van der Waals surface area contributed by atoms with E-state index in [1.807, 2.05) is 12.1 Å². The van der Waals surface area contributed by atoms with Crippen molar-refractivity contribution in [3.05, 3.63) is 30.0 Å². The molecule has 0 aliphatic rings. The Morgan fingerprint density at radius 2 is 2.33 bits per heavy atom. The molecular formula is C11H12N2O2. The van der Waals surface area contributed by atoms with Gasteiger partial charge in [-0.2, -0.15) is 0 Å². The molecule has 0 saturated heterocycles. The van der Waals surface area contributed by atoms with E-state index >= 15 is 0 Å². The molecule has 1 aromatic heterocycles. The van der Waals surface area contributed by atoms with Crippen LogP contribution in [0.3, 0.4) is 0 Å². The third kappa shape index (κ3) is 1.66. The summed E-state index contributed by atoms with van der Waals surface area (Å²) in [6, 6.07) is 5.31. The Morgan fingerprint density at radius 3 is 3.07 bits per heavy atom. The maximum absolute atomic E-state index is 11.6. The summed E-state index contributed by atoms with van der Waals surface area (Å²) in [7, 11) is 0. The van der Waals surface area contributed by atoms with Crippen LogP contribution >= 0.6 is 0 Å². The van der Waals surface area contributed by atoms with Gasteiger partial charge < -0.3 is 15.5 Å². The lowest BCUT2D eigenvalue weighted by molar-refractivity contribution is 0.0528. The number of carbonyl (C=O) groups excluding carboxylic acids is 1. The van der Waals surface area contributed by atoms with Gasteiger partial charge in [-0.15, -0.1) is 0 Å². The minimum Gasteiger partial charge on any atom is -0.462 e. The number of fused-ring (bicyclic) bond motifs is 1. The van der Waals surface area contributed by atoms with E-state index in [2.05, 4.69) is 4.98 Å². The summed E-state index contributed by atoms with van der Waals surface area (Å²) in [4.78, 5) is 14.6. The molecule has 0 amide bonds. The summed E-state index contributed by atoms with van der Waals surface area (Å²) < 4.78 is 4.95. The van der Waals surface area contributed by atoms with E-state index in [9.17, 15) is 4.79 Å². The molecule has 0 spiro atoms. The fourth-order valence-electron chi connectivity index (χ4n) is 1.56. The Bertz CT molecular complexity index is 502. The van der Waals surface area contributed by atoms with Gasteiger partial charge in [-0.05, 0) is 25.1 Å². The molecule has 0 aliphatic heterocycles. The molecule has 0 atom stereocenters. The van der Waals surface area contributed by atoms with Crippen LogP contribution in [0, 0.1) is 0 Å². The zero-order chi connectivity index (χ0) is 10.8. The van der Waals surface area contributed by atoms with E-state index in [4.69, 9.17) is 10.5 Å². The van der Waals surface area contributed by atoms with Gasteiger partial charge in [0.05, 0.1) is 17.7 Å². The molecule has 1 aromatic carbocycles. The number of H-pyrrole nitrogens is 1. The van der Waals surface area contributed by atoms with Crippen molar-refractivity contribution in [1.82, 2.24) is 4.98 Å². The van der Waals surface area contributed by atoms with Crippen molar-refractivity contribution in [2.24, 2.45) is 0 Å². The first-order chi connectivity index (χ1) is 7.22. The second-order valence-corrected chi connectivity index (χ2v) is 3.23. The maximum Gasteiger partial charge on any atom is 0.340 e. The number of rotatable bonds is 2. The van der Waals surface area contributed by atoms with Crippen molar-refractivity contribution >= 4 is 22.6 Å². The van der Waals surface area contributed by atoms with Crippen LogP contribution in [0.15, 0.2) is 24.4 Å². The minimum atomic E-state index is -0.350. The van der Waals surface area contributed by atoms with Crippen LogP contribution in [-0.2, 0) is 4.74 Å². The number of nitrogen functional groups attached to an aromatic ring is 1. The van der Waals surface area contributed by atoms with Crippen molar-refractivity contribution < 1.29 is 9.53 Å². The fourth-order valence-corrected chi connectivity index (χ4v) is 1.56. The highest BCUT2D eigenvalue weighted by Crippen LogP contribution is 2.21. The van der Waals surface area contributed by atoms with Gasteiger partial charge in [0.15, 0.2) is 0 Å². The summed E-state index contributed by atoms with van der Waals surface area (Å²) in [5.41, 5.74) is 7.51. The summed E-state index contributed by atoms with van der Waals surface area (Å²) >= 11 is 0. The molecule has 0 saturated carbocycles. The highest BCUT2D eigenvalue weighted by atomic mass is 16.5. The van der Waals surface area contributed by atoms with Gasteiger partial charge in [0, 0.05) is 17.3 Å². The van der Waals surface area contributed by atoms with E-state index < -0.39 is 0 Å². The molecule has 3 N–H and O–H groups in total. The highest BCUT2D eigenvalue weighted by Gasteiger charge is 2.12. The number of hydrogen-bond donors (Lipinski definition) is 2. The van der Waals surface area contributed by atoms with Crippen LogP contribution in [-0.4, -0.2) is 17.6 Å². The lowest BCUT2D eigenvalue weighted by atomic mass is 10.1. The van der Waals surface area contributed by atoms with Crippen LogP contribution in [0.25, 0.3) is 10.9 Å². The molecule has 2 rings (SSSR count). The standard InChI is InChI=1S/C11H12N2O2/c1-2-15-11(14)9-6-8(12)5-7-3-4-13-10(7)9/h3-6,13H,2,12H2,1H3. The molecular weight excluding hydrogens is 192 g/mol. The van der Waals surface area contributed by atoms with E-state index in [-0.39, 0.29) is 5.97 Å². The van der Waals surface area contributed by atoms with Gasteiger partial charge >= 0.3 is 5.97 Å². The number of hydrogen-bond acceptors (Lipinski definition) is 3. The summed E-state index contributed by atoms with van der Waals surface area (Å²) in [5.74, 6) is -0.350. The first-order valence-corrected chi connectivity index (χ1v) is 4.76.